The summed E-state index contributed by atoms with van der Waals surface area (Å²) in [7, 11) is 0. The fourth-order valence-electron chi connectivity index (χ4n) is 1.26. The lowest BCUT2D eigenvalue weighted by Crippen LogP contribution is -2.14. The summed E-state index contributed by atoms with van der Waals surface area (Å²) in [6.07, 6.45) is -8.50. The van der Waals surface area contributed by atoms with Crippen molar-refractivity contribution >= 4 is 5.69 Å². The Kier molecular flexibility index (Phi) is 3.50. The number of nitriles is 1. The normalized spacial score (nSPS) is 11.6. The monoisotopic (exact) mass is 251 g/mol. The number of hydrogen-bond donors (Lipinski definition) is 1. The molecule has 0 atom stereocenters. The van der Waals surface area contributed by atoms with Crippen LogP contribution in [0.25, 0.3) is 0 Å². The van der Waals surface area contributed by atoms with Crippen molar-refractivity contribution in [2.75, 3.05) is 5.73 Å². The molecule has 3 nitrogen and oxygen atoms in total. The lowest BCUT2D eigenvalue weighted by molar-refractivity contribution is -0.139. The van der Waals surface area contributed by atoms with E-state index >= 15 is 0 Å². The average molecular weight is 251 g/mol. The number of pyridine rings is 1. The predicted molar refractivity (Wildman–Crippen MR) is 47.9 cm³/mol. The molecule has 0 amide bonds. The molecule has 0 aromatic carbocycles. The van der Waals surface area contributed by atoms with Crippen LogP contribution >= 0.6 is 0 Å². The van der Waals surface area contributed by atoms with Crippen molar-refractivity contribution in [1.29, 1.82) is 5.26 Å². The van der Waals surface area contributed by atoms with Crippen LogP contribution in [0.2, 0.25) is 0 Å². The maximum Gasteiger partial charge on any atom is 0.418 e. The van der Waals surface area contributed by atoms with Gasteiger partial charge in [-0.1, -0.05) is 0 Å². The molecule has 1 aromatic heterocycles. The summed E-state index contributed by atoms with van der Waals surface area (Å²) in [6, 6.07) is 1.58. The Morgan fingerprint density at radius 3 is 2.41 bits per heavy atom. The van der Waals surface area contributed by atoms with Crippen molar-refractivity contribution in [3.63, 3.8) is 0 Å². The smallest absolute Gasteiger partial charge is 0.397 e. The lowest BCUT2D eigenvalue weighted by Gasteiger charge is -2.15. The van der Waals surface area contributed by atoms with Crippen LogP contribution in [0.15, 0.2) is 6.20 Å². The van der Waals surface area contributed by atoms with Gasteiger partial charge in [0.15, 0.2) is 0 Å². The summed E-state index contributed by atoms with van der Waals surface area (Å²) in [5.74, 6) is 0. The van der Waals surface area contributed by atoms with Crippen molar-refractivity contribution in [2.45, 2.75) is 19.0 Å². The highest BCUT2D eigenvalue weighted by Gasteiger charge is 2.38. The van der Waals surface area contributed by atoms with E-state index in [9.17, 15) is 22.0 Å². The molecule has 0 saturated heterocycles. The molecule has 0 aliphatic carbocycles. The van der Waals surface area contributed by atoms with Crippen molar-refractivity contribution in [3.8, 4) is 6.07 Å². The SMILES string of the molecule is N#CCc1ncc(C(F)(F)F)c(C(F)F)c1N. The van der Waals surface area contributed by atoms with Gasteiger partial charge in [-0.3, -0.25) is 4.98 Å². The summed E-state index contributed by atoms with van der Waals surface area (Å²) in [4.78, 5) is 3.28. The van der Waals surface area contributed by atoms with Crippen LogP contribution in [0.3, 0.4) is 0 Å². The molecule has 1 heterocycles. The van der Waals surface area contributed by atoms with E-state index in [4.69, 9.17) is 11.0 Å². The van der Waals surface area contributed by atoms with E-state index in [0.29, 0.717) is 0 Å². The predicted octanol–water partition coefficient (Wildman–Crippen LogP) is 2.69. The molecule has 8 heteroatoms. The third-order valence-electron chi connectivity index (χ3n) is 2.01. The van der Waals surface area contributed by atoms with Crippen LogP contribution in [-0.2, 0) is 12.6 Å². The molecule has 0 aliphatic heterocycles. The van der Waals surface area contributed by atoms with E-state index < -0.39 is 35.8 Å². The molecule has 0 spiro atoms. The number of nitrogens with two attached hydrogens (primary N) is 1. The zero-order valence-corrected chi connectivity index (χ0v) is 8.22. The Morgan fingerprint density at radius 2 is 2.00 bits per heavy atom. The second-order valence-corrected chi connectivity index (χ2v) is 3.08. The van der Waals surface area contributed by atoms with Gasteiger partial charge >= 0.3 is 6.18 Å². The van der Waals surface area contributed by atoms with Crippen molar-refractivity contribution < 1.29 is 22.0 Å². The van der Waals surface area contributed by atoms with Crippen LogP contribution in [-0.4, -0.2) is 4.98 Å². The lowest BCUT2D eigenvalue weighted by atomic mass is 10.1. The van der Waals surface area contributed by atoms with Crippen LogP contribution < -0.4 is 5.73 Å². The molecule has 0 radical (unpaired) electrons. The first kappa shape index (κ1) is 13.2. The Hall–Kier alpha value is -1.91. The van der Waals surface area contributed by atoms with Crippen LogP contribution in [0.5, 0.6) is 0 Å². The number of aromatic nitrogens is 1. The van der Waals surface area contributed by atoms with Crippen molar-refractivity contribution in [3.05, 3.63) is 23.0 Å². The summed E-state index contributed by atoms with van der Waals surface area (Å²) >= 11 is 0. The third-order valence-corrected chi connectivity index (χ3v) is 2.01. The molecule has 0 fully saturated rings. The maximum atomic E-state index is 12.5. The van der Waals surface area contributed by atoms with E-state index in [0.717, 1.165) is 0 Å². The summed E-state index contributed by atoms with van der Waals surface area (Å²) < 4.78 is 62.3. The summed E-state index contributed by atoms with van der Waals surface area (Å²) in [5, 5.41) is 8.35. The van der Waals surface area contributed by atoms with E-state index in [1.54, 1.807) is 6.07 Å². The molecular weight excluding hydrogens is 245 g/mol. The van der Waals surface area contributed by atoms with Gasteiger partial charge in [-0.2, -0.15) is 18.4 Å². The van der Waals surface area contributed by atoms with Gasteiger partial charge in [-0.15, -0.1) is 0 Å². The van der Waals surface area contributed by atoms with E-state index in [1.807, 2.05) is 0 Å². The summed E-state index contributed by atoms with van der Waals surface area (Å²) in [5.41, 5.74) is 1.21. The second-order valence-electron chi connectivity index (χ2n) is 3.08. The third kappa shape index (κ3) is 2.61. The highest BCUT2D eigenvalue weighted by Crippen LogP contribution is 2.39. The Labute approximate surface area is 92.7 Å². The minimum Gasteiger partial charge on any atom is -0.397 e. The fraction of sp³-hybridized carbons (Fsp3) is 0.333. The minimum atomic E-state index is -4.96. The van der Waals surface area contributed by atoms with Crippen LogP contribution in [0.1, 0.15) is 23.2 Å². The number of rotatable bonds is 2. The molecular formula is C9H6F5N3. The fourth-order valence-corrected chi connectivity index (χ4v) is 1.26. The highest BCUT2D eigenvalue weighted by atomic mass is 19.4. The topological polar surface area (TPSA) is 62.7 Å². The number of hydrogen-bond acceptors (Lipinski definition) is 3. The molecule has 0 aliphatic rings. The number of nitrogens with zero attached hydrogens (tertiary/aromatic N) is 2. The number of anilines is 1. The van der Waals surface area contributed by atoms with Gasteiger partial charge in [0.05, 0.1) is 35.0 Å². The van der Waals surface area contributed by atoms with Crippen molar-refractivity contribution in [2.24, 2.45) is 0 Å². The van der Waals surface area contributed by atoms with Crippen LogP contribution in [0, 0.1) is 11.3 Å². The number of nitrogen functional groups attached to an aromatic ring is 1. The highest BCUT2D eigenvalue weighted by molar-refractivity contribution is 5.56. The van der Waals surface area contributed by atoms with Crippen LogP contribution in [0.4, 0.5) is 27.6 Å². The van der Waals surface area contributed by atoms with Gasteiger partial charge in [0.1, 0.15) is 0 Å². The molecule has 0 unspecified atom stereocenters. The molecule has 0 bridgehead atoms. The molecule has 92 valence electrons. The molecule has 1 aromatic rings. The largest absolute Gasteiger partial charge is 0.418 e. The zero-order valence-electron chi connectivity index (χ0n) is 8.22. The Bertz CT molecular complexity index is 461. The van der Waals surface area contributed by atoms with Gasteiger partial charge in [-0.05, 0) is 0 Å². The van der Waals surface area contributed by atoms with E-state index in [2.05, 4.69) is 4.98 Å². The van der Waals surface area contributed by atoms with E-state index in [-0.39, 0.29) is 11.9 Å². The first-order valence-electron chi connectivity index (χ1n) is 4.28. The van der Waals surface area contributed by atoms with Gasteiger partial charge < -0.3 is 5.73 Å². The molecule has 17 heavy (non-hydrogen) atoms. The van der Waals surface area contributed by atoms with Crippen molar-refractivity contribution in [1.82, 2.24) is 4.98 Å². The molecule has 1 rings (SSSR count). The Balaban J connectivity index is 3.46. The van der Waals surface area contributed by atoms with Gasteiger partial charge in [0.25, 0.3) is 6.43 Å². The quantitative estimate of drug-likeness (QED) is 0.822. The number of halogens is 5. The first-order valence-corrected chi connectivity index (χ1v) is 4.28. The maximum absolute atomic E-state index is 12.5. The zero-order chi connectivity index (χ0) is 13.2. The second kappa shape index (κ2) is 4.53. The average Bonchev–Trinajstić information content (AvgIpc) is 2.18. The van der Waals surface area contributed by atoms with Gasteiger partial charge in [-0.25, -0.2) is 8.78 Å². The first-order chi connectivity index (χ1) is 7.79. The van der Waals surface area contributed by atoms with Gasteiger partial charge in [0, 0.05) is 6.20 Å². The minimum absolute atomic E-state index is 0.268. The molecule has 0 saturated carbocycles. The molecule has 2 N–H and O–H groups in total. The Morgan fingerprint density at radius 1 is 1.41 bits per heavy atom. The number of alkyl halides is 5. The van der Waals surface area contributed by atoms with E-state index in [1.165, 1.54) is 0 Å². The summed E-state index contributed by atoms with van der Waals surface area (Å²) in [6.45, 7) is 0. The standard InChI is InChI=1S/C9H6F5N3/c10-8(11)6-4(9(12,13)14)3-17-5(1-2-15)7(6)16/h3,8H,1,16H2. The van der Waals surface area contributed by atoms with Gasteiger partial charge in [0.2, 0.25) is 0 Å².